The number of benzene rings is 1. The number of carbonyl (C=O) groups excluding carboxylic acids is 2. The number of Topliss-reactive ketones (excluding diaryl/α,β-unsaturated/α-hetero) is 1. The van der Waals surface area contributed by atoms with Gasteiger partial charge in [0.05, 0.1) is 24.1 Å². The first-order valence-electron chi connectivity index (χ1n) is 8.88. The first-order chi connectivity index (χ1) is 14.2. The van der Waals surface area contributed by atoms with Gasteiger partial charge in [0, 0.05) is 22.8 Å². The van der Waals surface area contributed by atoms with Crippen LogP contribution in [-0.4, -0.2) is 42.5 Å². The quantitative estimate of drug-likeness (QED) is 0.419. The van der Waals surface area contributed by atoms with E-state index in [1.165, 1.54) is 42.5 Å². The molecule has 2 aromatic heterocycles. The number of nitrogens with zero attached hydrogens (tertiary/aromatic N) is 2. The molecule has 0 amide bonds. The molecule has 0 aliphatic heterocycles. The van der Waals surface area contributed by atoms with Gasteiger partial charge < -0.3 is 4.74 Å². The fraction of sp³-hybridized carbons (Fsp3) is 0.200. The number of esters is 1. The fourth-order valence-corrected chi connectivity index (χ4v) is 3.95. The molecule has 10 heteroatoms. The summed E-state index contributed by atoms with van der Waals surface area (Å²) in [5.41, 5.74) is 1.91. The second-order valence-corrected chi connectivity index (χ2v) is 9.09. The summed E-state index contributed by atoms with van der Waals surface area (Å²) in [6.07, 6.45) is 1.66. The Morgan fingerprint density at radius 1 is 1.17 bits per heavy atom. The van der Waals surface area contributed by atoms with Crippen molar-refractivity contribution in [2.24, 2.45) is 0 Å². The van der Waals surface area contributed by atoms with Gasteiger partial charge in [0.25, 0.3) is 0 Å². The highest BCUT2D eigenvalue weighted by atomic mass is 32.2. The molecule has 3 aromatic rings. The zero-order chi connectivity index (χ0) is 21.7. The van der Waals surface area contributed by atoms with E-state index in [1.807, 2.05) is 18.2 Å². The van der Waals surface area contributed by atoms with Crippen LogP contribution in [0.2, 0.25) is 0 Å². The maximum atomic E-state index is 12.5. The molecule has 8 nitrogen and oxygen atoms in total. The Hall–Kier alpha value is -3.11. The lowest BCUT2D eigenvalue weighted by molar-refractivity contribution is -0.145. The van der Waals surface area contributed by atoms with E-state index in [0.717, 1.165) is 11.9 Å². The molecule has 0 radical (unpaired) electrons. The van der Waals surface area contributed by atoms with Gasteiger partial charge >= 0.3 is 5.97 Å². The van der Waals surface area contributed by atoms with Crippen molar-refractivity contribution in [2.75, 3.05) is 11.0 Å². The van der Waals surface area contributed by atoms with Crippen LogP contribution in [0.1, 0.15) is 23.0 Å². The van der Waals surface area contributed by atoms with Crippen LogP contribution in [0.15, 0.2) is 54.0 Å². The molecule has 0 spiro atoms. The van der Waals surface area contributed by atoms with E-state index in [2.05, 4.69) is 14.7 Å². The standard InChI is InChI=1S/C20H19N3O5S2/c1-13(19(25)14-6-8-15(9-7-14)23-30(2,26)27)28-18(24)11-16-12-29-20(22-16)17-5-3-4-10-21-17/h3-10,12-13,23H,11H2,1-2H3. The zero-order valence-electron chi connectivity index (χ0n) is 16.2. The molecule has 1 aromatic carbocycles. The number of thiazole rings is 1. The molecule has 0 bridgehead atoms. The van der Waals surface area contributed by atoms with E-state index in [0.29, 0.717) is 22.0 Å². The van der Waals surface area contributed by atoms with E-state index >= 15 is 0 Å². The van der Waals surface area contributed by atoms with Gasteiger partial charge in [-0.15, -0.1) is 11.3 Å². The van der Waals surface area contributed by atoms with E-state index < -0.39 is 22.1 Å². The lowest BCUT2D eigenvalue weighted by atomic mass is 10.1. The molecular formula is C20H19N3O5S2. The summed E-state index contributed by atoms with van der Waals surface area (Å²) < 4.78 is 30.0. The number of hydrogen-bond acceptors (Lipinski definition) is 8. The summed E-state index contributed by atoms with van der Waals surface area (Å²) in [5, 5.41) is 2.45. The SMILES string of the molecule is CC(OC(=O)Cc1csc(-c2ccccn2)n1)C(=O)c1ccc(NS(C)(=O)=O)cc1. The predicted molar refractivity (Wildman–Crippen MR) is 114 cm³/mol. The zero-order valence-corrected chi connectivity index (χ0v) is 17.9. The van der Waals surface area contributed by atoms with Crippen LogP contribution in [0.5, 0.6) is 0 Å². The molecule has 0 aliphatic rings. The first kappa shape index (κ1) is 21.6. The van der Waals surface area contributed by atoms with E-state index in [9.17, 15) is 18.0 Å². The van der Waals surface area contributed by atoms with Gasteiger partial charge in [-0.3, -0.25) is 19.3 Å². The summed E-state index contributed by atoms with van der Waals surface area (Å²) in [7, 11) is -3.40. The summed E-state index contributed by atoms with van der Waals surface area (Å²) in [6.45, 7) is 1.49. The van der Waals surface area contributed by atoms with E-state index in [-0.39, 0.29) is 12.2 Å². The monoisotopic (exact) mass is 445 g/mol. The molecule has 30 heavy (non-hydrogen) atoms. The Morgan fingerprint density at radius 2 is 1.90 bits per heavy atom. The van der Waals surface area contributed by atoms with Crippen LogP contribution in [0.25, 0.3) is 10.7 Å². The third-order valence-electron chi connectivity index (χ3n) is 3.91. The van der Waals surface area contributed by atoms with Crippen LogP contribution in [-0.2, 0) is 26.0 Å². The van der Waals surface area contributed by atoms with Gasteiger partial charge in [-0.05, 0) is 43.3 Å². The van der Waals surface area contributed by atoms with E-state index in [1.54, 1.807) is 11.6 Å². The van der Waals surface area contributed by atoms with Gasteiger partial charge in [0.2, 0.25) is 15.8 Å². The third-order valence-corrected chi connectivity index (χ3v) is 5.43. The minimum absolute atomic E-state index is 0.0574. The van der Waals surface area contributed by atoms with Crippen molar-refractivity contribution in [3.05, 3.63) is 65.3 Å². The van der Waals surface area contributed by atoms with Crippen molar-refractivity contribution >= 4 is 38.8 Å². The molecule has 0 saturated carbocycles. The van der Waals surface area contributed by atoms with Crippen molar-refractivity contribution in [1.82, 2.24) is 9.97 Å². The van der Waals surface area contributed by atoms with E-state index in [4.69, 9.17) is 4.74 Å². The molecule has 1 N–H and O–H groups in total. The Labute approximate surface area is 178 Å². The third kappa shape index (κ3) is 5.94. The predicted octanol–water partition coefficient (Wildman–Crippen LogP) is 2.93. The number of pyridine rings is 1. The van der Waals surface area contributed by atoms with Crippen molar-refractivity contribution in [2.45, 2.75) is 19.4 Å². The Kier molecular flexibility index (Phi) is 6.58. The molecular weight excluding hydrogens is 426 g/mol. The second kappa shape index (κ2) is 9.14. The van der Waals surface area contributed by atoms with Gasteiger partial charge in [0.1, 0.15) is 5.01 Å². The molecule has 1 atom stereocenters. The Bertz CT molecular complexity index is 1140. The summed E-state index contributed by atoms with van der Waals surface area (Å²) in [6, 6.07) is 11.4. The maximum absolute atomic E-state index is 12.5. The second-order valence-electron chi connectivity index (χ2n) is 6.48. The van der Waals surface area contributed by atoms with Crippen molar-refractivity contribution in [3.8, 4) is 10.7 Å². The van der Waals surface area contributed by atoms with Gasteiger partial charge in [-0.2, -0.15) is 0 Å². The lowest BCUT2D eigenvalue weighted by Crippen LogP contribution is -2.25. The number of nitrogens with one attached hydrogen (secondary N) is 1. The number of carbonyl (C=O) groups is 2. The lowest BCUT2D eigenvalue weighted by Gasteiger charge is -2.12. The highest BCUT2D eigenvalue weighted by Gasteiger charge is 2.20. The first-order valence-corrected chi connectivity index (χ1v) is 11.7. The number of ether oxygens (including phenoxy) is 1. The topological polar surface area (TPSA) is 115 Å². The number of anilines is 1. The Balaban J connectivity index is 1.57. The minimum Gasteiger partial charge on any atom is -0.454 e. The minimum atomic E-state index is -3.40. The maximum Gasteiger partial charge on any atom is 0.312 e. The number of hydrogen-bond donors (Lipinski definition) is 1. The number of rotatable bonds is 8. The molecule has 156 valence electrons. The Morgan fingerprint density at radius 3 is 2.53 bits per heavy atom. The van der Waals surface area contributed by atoms with Crippen LogP contribution < -0.4 is 4.72 Å². The van der Waals surface area contributed by atoms with Gasteiger partial charge in [-0.1, -0.05) is 6.07 Å². The largest absolute Gasteiger partial charge is 0.454 e. The smallest absolute Gasteiger partial charge is 0.312 e. The van der Waals surface area contributed by atoms with Crippen molar-refractivity contribution < 1.29 is 22.7 Å². The summed E-state index contributed by atoms with van der Waals surface area (Å²) in [4.78, 5) is 33.3. The molecule has 0 saturated heterocycles. The highest BCUT2D eigenvalue weighted by Crippen LogP contribution is 2.22. The average Bonchev–Trinajstić information content (AvgIpc) is 3.15. The van der Waals surface area contributed by atoms with Gasteiger partial charge in [0.15, 0.2) is 6.10 Å². The van der Waals surface area contributed by atoms with Gasteiger partial charge in [-0.25, -0.2) is 13.4 Å². The number of ketones is 1. The van der Waals surface area contributed by atoms with Crippen LogP contribution in [0.4, 0.5) is 5.69 Å². The van der Waals surface area contributed by atoms with Crippen molar-refractivity contribution in [1.29, 1.82) is 0 Å². The molecule has 0 fully saturated rings. The number of aromatic nitrogens is 2. The molecule has 0 aliphatic carbocycles. The average molecular weight is 446 g/mol. The highest BCUT2D eigenvalue weighted by molar-refractivity contribution is 7.92. The summed E-state index contributed by atoms with van der Waals surface area (Å²) in [5.74, 6) is -0.953. The fourth-order valence-electron chi connectivity index (χ4n) is 2.59. The summed E-state index contributed by atoms with van der Waals surface area (Å²) >= 11 is 1.37. The van der Waals surface area contributed by atoms with Crippen LogP contribution in [0.3, 0.4) is 0 Å². The molecule has 1 unspecified atom stereocenters. The normalized spacial score (nSPS) is 12.2. The van der Waals surface area contributed by atoms with Crippen molar-refractivity contribution in [3.63, 3.8) is 0 Å². The molecule has 3 rings (SSSR count). The van der Waals surface area contributed by atoms with Crippen LogP contribution in [0, 0.1) is 0 Å². The van der Waals surface area contributed by atoms with Crippen LogP contribution >= 0.6 is 11.3 Å². The number of sulfonamides is 1. The molecule has 2 heterocycles.